The highest BCUT2D eigenvalue weighted by molar-refractivity contribution is 5.79. The molecule has 0 spiro atoms. The van der Waals surface area contributed by atoms with Crippen molar-refractivity contribution in [2.45, 2.75) is 19.4 Å². The number of hydrogen-bond donors (Lipinski definition) is 4. The van der Waals surface area contributed by atoms with Gasteiger partial charge in [0.2, 0.25) is 11.9 Å². The fraction of sp³-hybridized carbons (Fsp3) is 0.471. The van der Waals surface area contributed by atoms with Crippen LogP contribution < -0.4 is 25.8 Å². The van der Waals surface area contributed by atoms with E-state index in [1.165, 1.54) is 0 Å². The standard InChI is InChI=1S/C17H24N6O3/c1-25-12-4-3-11(9-20-16(24)10-5-7-19-8-6-10)14(26-2)13(12)15-21-17(18)23-22-15/h3-4,10,19H,5-9H2,1-2H3,(H,20,24)(H3,18,21,22,23). The molecular formula is C17H24N6O3. The number of H-pyrrole nitrogens is 1. The smallest absolute Gasteiger partial charge is 0.239 e. The lowest BCUT2D eigenvalue weighted by Gasteiger charge is -2.22. The predicted octanol–water partition coefficient (Wildman–Crippen LogP) is 0.687. The summed E-state index contributed by atoms with van der Waals surface area (Å²) in [4.78, 5) is 16.6. The van der Waals surface area contributed by atoms with Crippen LogP contribution in [0.3, 0.4) is 0 Å². The third-order valence-electron chi connectivity index (χ3n) is 4.53. The molecular weight excluding hydrogens is 336 g/mol. The number of amides is 1. The number of carbonyl (C=O) groups is 1. The van der Waals surface area contributed by atoms with E-state index in [0.717, 1.165) is 31.5 Å². The number of ether oxygens (including phenoxy) is 2. The van der Waals surface area contributed by atoms with Crippen molar-refractivity contribution in [3.8, 4) is 22.9 Å². The molecule has 9 heteroatoms. The molecule has 0 aliphatic carbocycles. The van der Waals surface area contributed by atoms with Crippen LogP contribution in [-0.4, -0.2) is 48.4 Å². The van der Waals surface area contributed by atoms with Gasteiger partial charge in [0, 0.05) is 18.0 Å². The average molecular weight is 360 g/mol. The van der Waals surface area contributed by atoms with Crippen molar-refractivity contribution in [2.75, 3.05) is 33.0 Å². The van der Waals surface area contributed by atoms with Crippen molar-refractivity contribution >= 4 is 11.9 Å². The molecule has 9 nitrogen and oxygen atoms in total. The first-order valence-electron chi connectivity index (χ1n) is 8.54. The predicted molar refractivity (Wildman–Crippen MR) is 96.8 cm³/mol. The summed E-state index contributed by atoms with van der Waals surface area (Å²) in [5, 5.41) is 12.9. The lowest BCUT2D eigenvalue weighted by molar-refractivity contribution is -0.125. The summed E-state index contributed by atoms with van der Waals surface area (Å²) in [5.41, 5.74) is 7.06. The third-order valence-corrected chi connectivity index (χ3v) is 4.53. The van der Waals surface area contributed by atoms with Gasteiger partial charge >= 0.3 is 0 Å². The Kier molecular flexibility index (Phi) is 5.57. The minimum absolute atomic E-state index is 0.0500. The van der Waals surface area contributed by atoms with Gasteiger partial charge in [-0.2, -0.15) is 4.98 Å². The van der Waals surface area contributed by atoms with Crippen LogP contribution in [0.25, 0.3) is 11.4 Å². The van der Waals surface area contributed by atoms with Crippen molar-refractivity contribution in [2.24, 2.45) is 5.92 Å². The van der Waals surface area contributed by atoms with Crippen molar-refractivity contribution in [3.63, 3.8) is 0 Å². The van der Waals surface area contributed by atoms with Crippen molar-refractivity contribution in [3.05, 3.63) is 17.7 Å². The highest BCUT2D eigenvalue weighted by Crippen LogP contribution is 2.39. The van der Waals surface area contributed by atoms with Crippen LogP contribution >= 0.6 is 0 Å². The normalized spacial score (nSPS) is 14.8. The van der Waals surface area contributed by atoms with E-state index >= 15 is 0 Å². The third kappa shape index (κ3) is 3.72. The van der Waals surface area contributed by atoms with Crippen LogP contribution in [0.1, 0.15) is 18.4 Å². The molecule has 0 bridgehead atoms. The molecule has 26 heavy (non-hydrogen) atoms. The Bertz CT molecular complexity index is 770. The summed E-state index contributed by atoms with van der Waals surface area (Å²) in [6, 6.07) is 3.67. The van der Waals surface area contributed by atoms with Gasteiger partial charge in [-0.1, -0.05) is 0 Å². The lowest BCUT2D eigenvalue weighted by atomic mass is 9.97. The van der Waals surface area contributed by atoms with Gasteiger partial charge in [-0.3, -0.25) is 9.89 Å². The number of hydrogen-bond acceptors (Lipinski definition) is 7. The number of methoxy groups -OCH3 is 2. The zero-order valence-electron chi connectivity index (χ0n) is 15.0. The van der Waals surface area contributed by atoms with Crippen molar-refractivity contribution < 1.29 is 14.3 Å². The maximum absolute atomic E-state index is 12.4. The number of nitrogen functional groups attached to an aromatic ring is 1. The SMILES string of the molecule is COc1ccc(CNC(=O)C2CCNCC2)c(OC)c1-c1nc(N)n[nH]1. The number of aromatic amines is 1. The van der Waals surface area contributed by atoms with E-state index in [-0.39, 0.29) is 17.8 Å². The molecule has 0 unspecified atom stereocenters. The summed E-state index contributed by atoms with van der Waals surface area (Å²) in [6.07, 6.45) is 1.71. The van der Waals surface area contributed by atoms with Gasteiger partial charge in [0.25, 0.3) is 0 Å². The molecule has 2 aromatic rings. The number of rotatable bonds is 6. The Morgan fingerprint density at radius 1 is 1.31 bits per heavy atom. The number of aromatic nitrogens is 3. The highest BCUT2D eigenvalue weighted by Gasteiger charge is 2.23. The number of benzene rings is 1. The molecule has 140 valence electrons. The van der Waals surface area contributed by atoms with E-state index in [4.69, 9.17) is 15.2 Å². The van der Waals surface area contributed by atoms with E-state index in [1.807, 2.05) is 12.1 Å². The Hall–Kier alpha value is -2.81. The first-order chi connectivity index (χ1) is 12.6. The monoisotopic (exact) mass is 360 g/mol. The van der Waals surface area contributed by atoms with E-state index < -0.39 is 0 Å². The number of piperidine rings is 1. The van der Waals surface area contributed by atoms with Crippen LogP contribution in [0.15, 0.2) is 12.1 Å². The maximum atomic E-state index is 12.4. The zero-order valence-corrected chi connectivity index (χ0v) is 15.0. The molecule has 2 heterocycles. The molecule has 1 fully saturated rings. The quantitative estimate of drug-likeness (QED) is 0.597. The molecule has 0 radical (unpaired) electrons. The minimum atomic E-state index is 0.0500. The molecule has 3 rings (SSSR count). The van der Waals surface area contributed by atoms with E-state index in [1.54, 1.807) is 14.2 Å². The fourth-order valence-electron chi connectivity index (χ4n) is 3.17. The van der Waals surface area contributed by atoms with Gasteiger partial charge in [-0.05, 0) is 38.1 Å². The van der Waals surface area contributed by atoms with Gasteiger partial charge in [0.15, 0.2) is 5.82 Å². The first kappa shape index (κ1) is 18.0. The van der Waals surface area contributed by atoms with Crippen molar-refractivity contribution in [1.82, 2.24) is 25.8 Å². The Balaban J connectivity index is 1.84. The van der Waals surface area contributed by atoms with Gasteiger partial charge < -0.3 is 25.8 Å². The van der Waals surface area contributed by atoms with Gasteiger partial charge in [-0.25, -0.2) is 0 Å². The second-order valence-electron chi connectivity index (χ2n) is 6.12. The summed E-state index contributed by atoms with van der Waals surface area (Å²) in [5.74, 6) is 1.83. The molecule has 0 saturated carbocycles. The molecule has 5 N–H and O–H groups in total. The zero-order chi connectivity index (χ0) is 18.5. The summed E-state index contributed by atoms with van der Waals surface area (Å²) < 4.78 is 11.0. The van der Waals surface area contributed by atoms with E-state index in [0.29, 0.717) is 29.4 Å². The first-order valence-corrected chi connectivity index (χ1v) is 8.54. The van der Waals surface area contributed by atoms with Gasteiger partial charge in [0.1, 0.15) is 17.1 Å². The second kappa shape index (κ2) is 8.05. The number of nitrogens with one attached hydrogen (secondary N) is 3. The summed E-state index contributed by atoms with van der Waals surface area (Å²) >= 11 is 0. The highest BCUT2D eigenvalue weighted by atomic mass is 16.5. The fourth-order valence-corrected chi connectivity index (χ4v) is 3.17. The van der Waals surface area contributed by atoms with E-state index in [9.17, 15) is 4.79 Å². The van der Waals surface area contributed by atoms with Gasteiger partial charge in [0.05, 0.1) is 14.2 Å². The Morgan fingerprint density at radius 2 is 2.08 bits per heavy atom. The topological polar surface area (TPSA) is 127 Å². The molecule has 1 aliphatic rings. The van der Waals surface area contributed by atoms with Crippen molar-refractivity contribution in [1.29, 1.82) is 0 Å². The molecule has 1 amide bonds. The van der Waals surface area contributed by atoms with Crippen LogP contribution in [0.5, 0.6) is 11.5 Å². The number of carbonyl (C=O) groups excluding carboxylic acids is 1. The van der Waals surface area contributed by atoms with Crippen LogP contribution in [0.2, 0.25) is 0 Å². The molecule has 1 aromatic heterocycles. The molecule has 1 aromatic carbocycles. The molecule has 1 saturated heterocycles. The molecule has 1 aliphatic heterocycles. The average Bonchev–Trinajstić information content (AvgIpc) is 3.11. The molecule has 0 atom stereocenters. The summed E-state index contributed by atoms with van der Waals surface area (Å²) in [7, 11) is 3.13. The van der Waals surface area contributed by atoms with Crippen LogP contribution in [0, 0.1) is 5.92 Å². The lowest BCUT2D eigenvalue weighted by Crippen LogP contribution is -2.37. The minimum Gasteiger partial charge on any atom is -0.496 e. The Morgan fingerprint density at radius 3 is 2.69 bits per heavy atom. The maximum Gasteiger partial charge on any atom is 0.239 e. The number of nitrogens with zero attached hydrogens (tertiary/aromatic N) is 2. The number of anilines is 1. The largest absolute Gasteiger partial charge is 0.496 e. The number of nitrogens with two attached hydrogens (primary N) is 1. The second-order valence-corrected chi connectivity index (χ2v) is 6.12. The van der Waals surface area contributed by atoms with Crippen LogP contribution in [0.4, 0.5) is 5.95 Å². The Labute approximate surface area is 151 Å². The van der Waals surface area contributed by atoms with Gasteiger partial charge in [-0.15, -0.1) is 5.10 Å². The van der Waals surface area contributed by atoms with E-state index in [2.05, 4.69) is 25.8 Å². The van der Waals surface area contributed by atoms with Crippen LogP contribution in [-0.2, 0) is 11.3 Å². The summed E-state index contributed by atoms with van der Waals surface area (Å²) in [6.45, 7) is 2.11.